The Balaban J connectivity index is 2.90. The lowest BCUT2D eigenvalue weighted by Crippen LogP contribution is -2.28. The number of hydrogen-bond donors (Lipinski definition) is 1. The van der Waals surface area contributed by atoms with Crippen molar-refractivity contribution in [1.82, 2.24) is 10.2 Å². The number of nitrogens with zero attached hydrogens (tertiary/aromatic N) is 1. The summed E-state index contributed by atoms with van der Waals surface area (Å²) < 4.78 is 59.9. The fourth-order valence-electron chi connectivity index (χ4n) is 0.595. The van der Waals surface area contributed by atoms with Crippen LogP contribution in [0.5, 0.6) is 5.88 Å². The molecule has 0 amide bonds. The van der Waals surface area contributed by atoms with E-state index in [-0.39, 0.29) is 0 Å². The highest BCUT2D eigenvalue weighted by Crippen LogP contribution is 2.25. The molecular weight excluding hydrogens is 225 g/mol. The molecule has 0 aliphatic heterocycles. The summed E-state index contributed by atoms with van der Waals surface area (Å²) in [6.45, 7) is 1.49. The minimum Gasteiger partial charge on any atom is -0.354 e. The topological polar surface area (TPSA) is 72.1 Å². The quantitative estimate of drug-likeness (QED) is 0.606. The molecule has 5 nitrogen and oxygen atoms in total. The van der Waals surface area contributed by atoms with E-state index >= 15 is 0 Å². The average molecular weight is 230 g/mol. The molecule has 1 aromatic heterocycles. The second-order valence-corrected chi connectivity index (χ2v) is 3.91. The molecule has 0 saturated heterocycles. The van der Waals surface area contributed by atoms with Crippen LogP contribution in [0.4, 0.5) is 13.2 Å². The van der Waals surface area contributed by atoms with Crippen LogP contribution >= 0.6 is 0 Å². The highest BCUT2D eigenvalue weighted by Gasteiger charge is 2.48. The summed E-state index contributed by atoms with van der Waals surface area (Å²) in [5.41, 5.74) is -5.06. The summed E-state index contributed by atoms with van der Waals surface area (Å²) in [4.78, 5) is 0. The van der Waals surface area contributed by atoms with Crippen LogP contribution in [0.1, 0.15) is 5.69 Å². The maximum absolute atomic E-state index is 11.8. The first kappa shape index (κ1) is 10.8. The number of H-pyrrole nitrogens is 1. The zero-order valence-corrected chi connectivity index (χ0v) is 7.61. The third-order valence-electron chi connectivity index (χ3n) is 1.16. The lowest BCUT2D eigenvalue weighted by molar-refractivity contribution is -0.0501. The lowest BCUT2D eigenvalue weighted by atomic mass is 10.5. The Morgan fingerprint density at radius 3 is 2.43 bits per heavy atom. The van der Waals surface area contributed by atoms with E-state index in [1.54, 1.807) is 0 Å². The molecule has 0 spiro atoms. The van der Waals surface area contributed by atoms with Crippen LogP contribution in [0.25, 0.3) is 0 Å². The van der Waals surface area contributed by atoms with E-state index in [0.29, 0.717) is 5.69 Å². The van der Waals surface area contributed by atoms with E-state index in [2.05, 4.69) is 14.4 Å². The van der Waals surface area contributed by atoms with Crippen LogP contribution in [0.3, 0.4) is 0 Å². The Morgan fingerprint density at radius 1 is 1.50 bits per heavy atom. The monoisotopic (exact) mass is 230 g/mol. The Morgan fingerprint density at radius 2 is 2.07 bits per heavy atom. The fraction of sp³-hybridized carbons (Fsp3) is 0.400. The number of halogens is 3. The van der Waals surface area contributed by atoms with Crippen molar-refractivity contribution in [3.63, 3.8) is 0 Å². The van der Waals surface area contributed by atoms with Crippen LogP contribution < -0.4 is 4.18 Å². The number of aromatic nitrogens is 2. The molecule has 1 rings (SSSR count). The van der Waals surface area contributed by atoms with Gasteiger partial charge in [-0.3, -0.25) is 5.10 Å². The van der Waals surface area contributed by atoms with Gasteiger partial charge in [0, 0.05) is 11.8 Å². The van der Waals surface area contributed by atoms with E-state index in [1.165, 1.54) is 6.92 Å². The van der Waals surface area contributed by atoms with Gasteiger partial charge in [-0.1, -0.05) is 0 Å². The van der Waals surface area contributed by atoms with Gasteiger partial charge in [0.2, 0.25) is 0 Å². The second kappa shape index (κ2) is 3.15. The van der Waals surface area contributed by atoms with Gasteiger partial charge in [-0.25, -0.2) is 0 Å². The zero-order chi connectivity index (χ0) is 11.0. The molecule has 1 heterocycles. The number of hydrogen-bond acceptors (Lipinski definition) is 4. The Bertz CT molecular complexity index is 422. The van der Waals surface area contributed by atoms with Crippen molar-refractivity contribution in [3.8, 4) is 5.88 Å². The molecule has 1 aromatic rings. The highest BCUT2D eigenvalue weighted by molar-refractivity contribution is 7.87. The van der Waals surface area contributed by atoms with Gasteiger partial charge in [0.25, 0.3) is 5.88 Å². The molecule has 0 aromatic carbocycles. The third kappa shape index (κ3) is 2.16. The molecule has 0 bridgehead atoms. The largest absolute Gasteiger partial charge is 0.534 e. The number of nitrogens with one attached hydrogen (secondary N) is 1. The molecule has 0 fully saturated rings. The van der Waals surface area contributed by atoms with Gasteiger partial charge < -0.3 is 4.18 Å². The van der Waals surface area contributed by atoms with Crippen molar-refractivity contribution in [2.24, 2.45) is 0 Å². The number of alkyl halides is 3. The van der Waals surface area contributed by atoms with Crippen LogP contribution in [0, 0.1) is 6.92 Å². The third-order valence-corrected chi connectivity index (χ3v) is 2.12. The summed E-state index contributed by atoms with van der Waals surface area (Å²) in [5.74, 6) is -0.639. The van der Waals surface area contributed by atoms with E-state index in [9.17, 15) is 21.6 Å². The first-order chi connectivity index (χ1) is 6.22. The van der Waals surface area contributed by atoms with Crippen molar-refractivity contribution < 1.29 is 25.8 Å². The molecule has 0 radical (unpaired) electrons. The van der Waals surface area contributed by atoms with E-state index in [1.807, 2.05) is 0 Å². The first-order valence-electron chi connectivity index (χ1n) is 3.25. The Kier molecular flexibility index (Phi) is 2.44. The van der Waals surface area contributed by atoms with Crippen LogP contribution in [-0.4, -0.2) is 24.1 Å². The number of aromatic amines is 1. The van der Waals surface area contributed by atoms with E-state index in [0.717, 1.165) is 6.07 Å². The molecular formula is C5H5F3N2O3S. The molecule has 80 valence electrons. The van der Waals surface area contributed by atoms with Gasteiger partial charge in [0.15, 0.2) is 0 Å². The van der Waals surface area contributed by atoms with E-state index in [4.69, 9.17) is 0 Å². The summed E-state index contributed by atoms with van der Waals surface area (Å²) in [6.07, 6.45) is 0. The molecule has 0 aliphatic rings. The van der Waals surface area contributed by atoms with Crippen molar-refractivity contribution >= 4 is 10.1 Å². The lowest BCUT2D eigenvalue weighted by Gasteiger charge is -2.06. The van der Waals surface area contributed by atoms with Gasteiger partial charge in [-0.15, -0.1) is 5.10 Å². The van der Waals surface area contributed by atoms with Crippen molar-refractivity contribution in [2.45, 2.75) is 12.4 Å². The number of rotatable bonds is 2. The second-order valence-electron chi connectivity index (χ2n) is 2.37. The molecule has 14 heavy (non-hydrogen) atoms. The molecule has 0 atom stereocenters. The number of aryl methyl sites for hydroxylation is 1. The normalized spacial score (nSPS) is 12.9. The molecule has 9 heteroatoms. The molecule has 0 unspecified atom stereocenters. The average Bonchev–Trinajstić information content (AvgIpc) is 2.31. The summed E-state index contributed by atoms with van der Waals surface area (Å²) in [5, 5.41) is 5.42. The Hall–Kier alpha value is -1.25. The highest BCUT2D eigenvalue weighted by atomic mass is 32.2. The van der Waals surface area contributed by atoms with Crippen LogP contribution in [0.2, 0.25) is 0 Å². The maximum atomic E-state index is 11.8. The first-order valence-corrected chi connectivity index (χ1v) is 4.66. The smallest absolute Gasteiger partial charge is 0.354 e. The fourth-order valence-corrected chi connectivity index (χ4v) is 1.00. The minimum absolute atomic E-state index is 0.386. The summed E-state index contributed by atoms with van der Waals surface area (Å²) in [7, 11) is -5.62. The molecule has 0 aliphatic carbocycles. The minimum atomic E-state index is -5.62. The van der Waals surface area contributed by atoms with Crippen molar-refractivity contribution in [1.29, 1.82) is 0 Å². The van der Waals surface area contributed by atoms with Gasteiger partial charge in [-0.2, -0.15) is 21.6 Å². The van der Waals surface area contributed by atoms with Crippen molar-refractivity contribution in [2.75, 3.05) is 0 Å². The Labute approximate surface area is 77.0 Å². The molecule has 1 N–H and O–H groups in total. The summed E-state index contributed by atoms with van der Waals surface area (Å²) in [6, 6.07) is 1.03. The maximum Gasteiger partial charge on any atom is 0.534 e. The molecule has 0 saturated carbocycles. The van der Waals surface area contributed by atoms with Gasteiger partial charge in [-0.05, 0) is 6.92 Å². The van der Waals surface area contributed by atoms with Crippen LogP contribution in [0.15, 0.2) is 6.07 Å². The van der Waals surface area contributed by atoms with Gasteiger partial charge in [0.05, 0.1) is 0 Å². The van der Waals surface area contributed by atoms with Crippen molar-refractivity contribution in [3.05, 3.63) is 11.8 Å². The standard InChI is InChI=1S/C5H5F3N2O3S/c1-3-2-4(10-9-3)13-14(11,12)5(6,7)8/h2H,1H3,(H,9,10). The SMILES string of the molecule is Cc1cc(OS(=O)(=O)C(F)(F)F)n[nH]1. The predicted molar refractivity (Wildman–Crippen MR) is 38.9 cm³/mol. The van der Waals surface area contributed by atoms with E-state index < -0.39 is 21.5 Å². The summed E-state index contributed by atoms with van der Waals surface area (Å²) >= 11 is 0. The van der Waals surface area contributed by atoms with Gasteiger partial charge in [0.1, 0.15) is 0 Å². The predicted octanol–water partition coefficient (Wildman–Crippen LogP) is 0.947. The van der Waals surface area contributed by atoms with Gasteiger partial charge >= 0.3 is 15.6 Å². The zero-order valence-electron chi connectivity index (χ0n) is 6.79. The van der Waals surface area contributed by atoms with Crippen LogP contribution in [-0.2, 0) is 10.1 Å².